The molecule has 0 bridgehead atoms. The molecule has 2 aromatic carbocycles. The molecule has 0 aliphatic heterocycles. The van der Waals surface area contributed by atoms with Gasteiger partial charge in [-0.3, -0.25) is 9.71 Å². The number of anilines is 2. The molecule has 0 saturated heterocycles. The molecule has 0 unspecified atom stereocenters. The molecule has 0 radical (unpaired) electrons. The highest BCUT2D eigenvalue weighted by Gasteiger charge is 2.15. The first-order chi connectivity index (χ1) is 13.8. The number of aryl methyl sites for hydroxylation is 2. The van der Waals surface area contributed by atoms with E-state index in [-0.39, 0.29) is 4.90 Å². The summed E-state index contributed by atoms with van der Waals surface area (Å²) in [5.74, 6) is 0. The van der Waals surface area contributed by atoms with Crippen LogP contribution in [0.5, 0.6) is 0 Å². The molecule has 0 saturated carbocycles. The van der Waals surface area contributed by atoms with Gasteiger partial charge in [-0.15, -0.1) is 0 Å². The standard InChI is InChI=1S/C21H22N4O3S/c1-15-5-10-20(16(2)12-15)25-29(27,28)19-8-6-18(7-9-19)24-21(26)23-14-17-4-3-11-22-13-17/h3-13,25H,14H2,1-2H3,(H2,23,24,26). The molecule has 2 amide bonds. The zero-order valence-electron chi connectivity index (χ0n) is 16.1. The van der Waals surface area contributed by atoms with Crippen LogP contribution in [-0.4, -0.2) is 19.4 Å². The van der Waals surface area contributed by atoms with Gasteiger partial charge in [0.15, 0.2) is 0 Å². The SMILES string of the molecule is Cc1ccc(NS(=O)(=O)c2ccc(NC(=O)NCc3cccnc3)cc2)c(C)c1. The fourth-order valence-electron chi connectivity index (χ4n) is 2.71. The number of carbonyl (C=O) groups excluding carboxylic acids is 1. The third-order valence-corrected chi connectivity index (χ3v) is 5.61. The molecule has 150 valence electrons. The van der Waals surface area contributed by atoms with Crippen LogP contribution in [0.1, 0.15) is 16.7 Å². The lowest BCUT2D eigenvalue weighted by Gasteiger charge is -2.12. The number of nitrogens with zero attached hydrogens (tertiary/aromatic N) is 1. The van der Waals surface area contributed by atoms with Gasteiger partial charge in [0.25, 0.3) is 10.0 Å². The Labute approximate surface area is 170 Å². The Morgan fingerprint density at radius 3 is 2.45 bits per heavy atom. The molecule has 0 atom stereocenters. The van der Waals surface area contributed by atoms with Gasteiger partial charge in [-0.25, -0.2) is 13.2 Å². The molecule has 0 aliphatic rings. The molecule has 29 heavy (non-hydrogen) atoms. The average molecular weight is 410 g/mol. The van der Waals surface area contributed by atoms with Crippen LogP contribution in [0, 0.1) is 13.8 Å². The van der Waals surface area contributed by atoms with E-state index in [4.69, 9.17) is 0 Å². The van der Waals surface area contributed by atoms with E-state index in [9.17, 15) is 13.2 Å². The Morgan fingerprint density at radius 2 is 1.79 bits per heavy atom. The minimum atomic E-state index is -3.73. The second kappa shape index (κ2) is 8.74. The lowest BCUT2D eigenvalue weighted by Crippen LogP contribution is -2.28. The normalized spacial score (nSPS) is 11.0. The van der Waals surface area contributed by atoms with Gasteiger partial charge in [0.05, 0.1) is 10.6 Å². The van der Waals surface area contributed by atoms with Crippen molar-refractivity contribution in [1.29, 1.82) is 0 Å². The number of amides is 2. The summed E-state index contributed by atoms with van der Waals surface area (Å²) >= 11 is 0. The van der Waals surface area contributed by atoms with Crippen molar-refractivity contribution >= 4 is 27.4 Å². The quantitative estimate of drug-likeness (QED) is 0.575. The average Bonchev–Trinajstić information content (AvgIpc) is 2.70. The first kappa shape index (κ1) is 20.3. The second-order valence-electron chi connectivity index (χ2n) is 6.62. The summed E-state index contributed by atoms with van der Waals surface area (Å²) in [4.78, 5) is 16.1. The van der Waals surface area contributed by atoms with Crippen molar-refractivity contribution in [2.75, 3.05) is 10.0 Å². The lowest BCUT2D eigenvalue weighted by atomic mass is 10.1. The summed E-state index contributed by atoms with van der Waals surface area (Å²) in [5, 5.41) is 5.39. The number of urea groups is 1. The fourth-order valence-corrected chi connectivity index (χ4v) is 3.84. The minimum Gasteiger partial charge on any atom is -0.334 e. The van der Waals surface area contributed by atoms with Gasteiger partial charge in [0.1, 0.15) is 0 Å². The van der Waals surface area contributed by atoms with E-state index >= 15 is 0 Å². The Kier molecular flexibility index (Phi) is 6.13. The molecule has 3 aromatic rings. The predicted molar refractivity (Wildman–Crippen MR) is 113 cm³/mol. The maximum Gasteiger partial charge on any atom is 0.319 e. The van der Waals surface area contributed by atoms with Crippen LogP contribution >= 0.6 is 0 Å². The number of hydrogen-bond acceptors (Lipinski definition) is 4. The number of rotatable bonds is 6. The number of pyridine rings is 1. The number of benzene rings is 2. The lowest BCUT2D eigenvalue weighted by molar-refractivity contribution is 0.251. The van der Waals surface area contributed by atoms with Crippen molar-refractivity contribution in [3.8, 4) is 0 Å². The van der Waals surface area contributed by atoms with Crippen LogP contribution in [-0.2, 0) is 16.6 Å². The largest absolute Gasteiger partial charge is 0.334 e. The summed E-state index contributed by atoms with van der Waals surface area (Å²) < 4.78 is 27.8. The number of aromatic nitrogens is 1. The van der Waals surface area contributed by atoms with E-state index in [2.05, 4.69) is 20.3 Å². The van der Waals surface area contributed by atoms with Crippen LogP contribution in [0.15, 0.2) is 71.9 Å². The van der Waals surface area contributed by atoms with Gasteiger partial charge >= 0.3 is 6.03 Å². The first-order valence-corrected chi connectivity index (χ1v) is 10.5. The summed E-state index contributed by atoms with van der Waals surface area (Å²) in [6.07, 6.45) is 3.33. The van der Waals surface area contributed by atoms with Gasteiger partial charge in [-0.1, -0.05) is 23.8 Å². The summed E-state index contributed by atoms with van der Waals surface area (Å²) in [6, 6.07) is 14.7. The molecular formula is C21H22N4O3S. The third-order valence-electron chi connectivity index (χ3n) is 4.22. The Morgan fingerprint density at radius 1 is 1.03 bits per heavy atom. The monoisotopic (exact) mass is 410 g/mol. The predicted octanol–water partition coefficient (Wildman–Crippen LogP) is 3.82. The minimum absolute atomic E-state index is 0.110. The topological polar surface area (TPSA) is 100 Å². The second-order valence-corrected chi connectivity index (χ2v) is 8.30. The number of carbonyl (C=O) groups is 1. The van der Waals surface area contributed by atoms with Gasteiger partial charge in [-0.05, 0) is 61.4 Å². The van der Waals surface area contributed by atoms with E-state index in [1.54, 1.807) is 36.7 Å². The first-order valence-electron chi connectivity index (χ1n) is 8.97. The van der Waals surface area contributed by atoms with Crippen LogP contribution in [0.2, 0.25) is 0 Å². The van der Waals surface area contributed by atoms with E-state index in [0.29, 0.717) is 17.9 Å². The molecule has 3 rings (SSSR count). The van der Waals surface area contributed by atoms with Crippen LogP contribution in [0.25, 0.3) is 0 Å². The Balaban J connectivity index is 1.62. The summed E-state index contributed by atoms with van der Waals surface area (Å²) in [5.41, 5.74) is 3.80. The molecule has 8 heteroatoms. The molecule has 3 N–H and O–H groups in total. The number of hydrogen-bond donors (Lipinski definition) is 3. The smallest absolute Gasteiger partial charge is 0.319 e. The summed E-state index contributed by atoms with van der Waals surface area (Å²) in [7, 11) is -3.73. The van der Waals surface area contributed by atoms with E-state index in [0.717, 1.165) is 16.7 Å². The molecule has 0 fully saturated rings. The van der Waals surface area contributed by atoms with Crippen molar-refractivity contribution in [1.82, 2.24) is 10.3 Å². The third kappa shape index (κ3) is 5.55. The van der Waals surface area contributed by atoms with E-state index in [1.165, 1.54) is 12.1 Å². The van der Waals surface area contributed by atoms with E-state index in [1.807, 2.05) is 32.0 Å². The van der Waals surface area contributed by atoms with Crippen molar-refractivity contribution in [3.63, 3.8) is 0 Å². The van der Waals surface area contributed by atoms with Crippen molar-refractivity contribution in [2.45, 2.75) is 25.3 Å². The highest BCUT2D eigenvalue weighted by molar-refractivity contribution is 7.92. The molecule has 0 spiro atoms. The molecule has 0 aliphatic carbocycles. The maximum absolute atomic E-state index is 12.6. The molecule has 1 aromatic heterocycles. The summed E-state index contributed by atoms with van der Waals surface area (Å²) in [6.45, 7) is 4.14. The van der Waals surface area contributed by atoms with Gasteiger partial charge in [0.2, 0.25) is 0 Å². The highest BCUT2D eigenvalue weighted by Crippen LogP contribution is 2.21. The fraction of sp³-hybridized carbons (Fsp3) is 0.143. The molecular weight excluding hydrogens is 388 g/mol. The highest BCUT2D eigenvalue weighted by atomic mass is 32.2. The van der Waals surface area contributed by atoms with Crippen molar-refractivity contribution in [2.24, 2.45) is 0 Å². The van der Waals surface area contributed by atoms with Gasteiger partial charge in [-0.2, -0.15) is 0 Å². The molecule has 7 nitrogen and oxygen atoms in total. The van der Waals surface area contributed by atoms with Crippen LogP contribution in [0.4, 0.5) is 16.2 Å². The Bertz CT molecular complexity index is 1100. The van der Waals surface area contributed by atoms with Crippen LogP contribution < -0.4 is 15.4 Å². The zero-order chi connectivity index (χ0) is 20.9. The van der Waals surface area contributed by atoms with E-state index < -0.39 is 16.1 Å². The maximum atomic E-state index is 12.6. The van der Waals surface area contributed by atoms with Gasteiger partial charge in [0, 0.05) is 24.6 Å². The van der Waals surface area contributed by atoms with Gasteiger partial charge < -0.3 is 10.6 Å². The molecule has 1 heterocycles. The zero-order valence-corrected chi connectivity index (χ0v) is 17.0. The number of nitrogens with one attached hydrogen (secondary N) is 3. The van der Waals surface area contributed by atoms with Crippen molar-refractivity contribution in [3.05, 3.63) is 83.7 Å². The van der Waals surface area contributed by atoms with Crippen molar-refractivity contribution < 1.29 is 13.2 Å². The van der Waals surface area contributed by atoms with Crippen LogP contribution in [0.3, 0.4) is 0 Å². The Hall–Kier alpha value is -3.39. The number of sulfonamides is 1.